The minimum Gasteiger partial charge on any atom is -0.140 e. The Morgan fingerprint density at radius 1 is 1.50 bits per heavy atom. The quantitative estimate of drug-likeness (QED) is 0.548. The van der Waals surface area contributed by atoms with Crippen molar-refractivity contribution in [1.29, 1.82) is 0 Å². The van der Waals surface area contributed by atoms with E-state index in [1.165, 1.54) is 12.8 Å². The van der Waals surface area contributed by atoms with Gasteiger partial charge in [-0.15, -0.1) is 11.8 Å². The fraction of sp³-hybridized carbons (Fsp3) is 0.556. The van der Waals surface area contributed by atoms with Crippen LogP contribution >= 0.6 is 11.8 Å². The van der Waals surface area contributed by atoms with E-state index in [0.29, 0.717) is 4.75 Å². The Morgan fingerprint density at radius 2 is 2.40 bits per heavy atom. The molecule has 0 bridgehead atoms. The summed E-state index contributed by atoms with van der Waals surface area (Å²) in [6, 6.07) is 0. The molecule has 1 aliphatic heterocycles. The molecule has 0 aromatic carbocycles. The predicted octanol–water partition coefficient (Wildman–Crippen LogP) is 2.77. The molecule has 0 aromatic rings. The molecular formula is C9H12S. The third kappa shape index (κ3) is 0.842. The van der Waals surface area contributed by atoms with E-state index in [0.717, 1.165) is 5.25 Å². The van der Waals surface area contributed by atoms with Gasteiger partial charge in [-0.1, -0.05) is 37.6 Å². The van der Waals surface area contributed by atoms with E-state index in [4.69, 9.17) is 0 Å². The van der Waals surface area contributed by atoms with Gasteiger partial charge < -0.3 is 0 Å². The van der Waals surface area contributed by atoms with Crippen LogP contribution in [0.4, 0.5) is 0 Å². The Kier molecular flexibility index (Phi) is 1.41. The van der Waals surface area contributed by atoms with Crippen LogP contribution < -0.4 is 0 Å². The monoisotopic (exact) mass is 152 g/mol. The van der Waals surface area contributed by atoms with Gasteiger partial charge in [0.15, 0.2) is 0 Å². The van der Waals surface area contributed by atoms with E-state index in [1.54, 1.807) is 0 Å². The maximum atomic E-state index is 2.37. The highest BCUT2D eigenvalue weighted by molar-refractivity contribution is 8.09. The lowest BCUT2D eigenvalue weighted by Gasteiger charge is -2.08. The Bertz CT molecular complexity index is 193. The number of hydrogen-bond donors (Lipinski definition) is 0. The van der Waals surface area contributed by atoms with E-state index in [9.17, 15) is 0 Å². The molecular weight excluding hydrogens is 140 g/mol. The van der Waals surface area contributed by atoms with Gasteiger partial charge in [-0.3, -0.25) is 0 Å². The van der Waals surface area contributed by atoms with Crippen molar-refractivity contribution in [3.63, 3.8) is 0 Å². The molecule has 2 unspecified atom stereocenters. The van der Waals surface area contributed by atoms with Crippen LogP contribution in [0.1, 0.15) is 19.8 Å². The Morgan fingerprint density at radius 3 is 3.10 bits per heavy atom. The first-order valence-corrected chi connectivity index (χ1v) is 4.79. The summed E-state index contributed by atoms with van der Waals surface area (Å²) in [6.45, 7) is 2.26. The van der Waals surface area contributed by atoms with Crippen LogP contribution in [-0.4, -0.2) is 10.00 Å². The molecule has 1 heteroatoms. The molecule has 10 heavy (non-hydrogen) atoms. The Balaban J connectivity index is 2.08. The Hall–Kier alpha value is -0.170. The number of hydrogen-bond acceptors (Lipinski definition) is 1. The molecule has 1 saturated heterocycles. The van der Waals surface area contributed by atoms with Crippen LogP contribution in [0.15, 0.2) is 24.3 Å². The van der Waals surface area contributed by atoms with Gasteiger partial charge >= 0.3 is 0 Å². The number of rotatable bonds is 2. The van der Waals surface area contributed by atoms with Gasteiger partial charge in [-0.2, -0.15) is 0 Å². The lowest BCUT2D eigenvalue weighted by atomic mass is 9.96. The SMILES string of the molecule is CCCC12C=CC=CC1S2. The standard InChI is InChI=1S/C9H12S/c1-2-6-9-7-4-3-5-8(9)10-9/h3-5,7-8H,2,6H2,1H3. The van der Waals surface area contributed by atoms with Gasteiger partial charge in [0.05, 0.1) is 4.75 Å². The number of allylic oxidation sites excluding steroid dienone is 2. The second-order valence-corrected chi connectivity index (χ2v) is 4.49. The van der Waals surface area contributed by atoms with Crippen molar-refractivity contribution in [2.24, 2.45) is 0 Å². The average Bonchev–Trinajstić information content (AvgIpc) is 2.62. The second-order valence-electron chi connectivity index (χ2n) is 2.99. The summed E-state index contributed by atoms with van der Waals surface area (Å²) < 4.78 is 0.545. The van der Waals surface area contributed by atoms with Gasteiger partial charge in [-0.25, -0.2) is 0 Å². The molecule has 0 N–H and O–H groups in total. The average molecular weight is 152 g/mol. The summed E-state index contributed by atoms with van der Waals surface area (Å²) in [4.78, 5) is 0. The molecule has 54 valence electrons. The molecule has 2 atom stereocenters. The van der Waals surface area contributed by atoms with Crippen molar-refractivity contribution in [3.8, 4) is 0 Å². The highest BCUT2D eigenvalue weighted by Crippen LogP contribution is 2.59. The zero-order chi connectivity index (χ0) is 7.03. The van der Waals surface area contributed by atoms with Crippen molar-refractivity contribution >= 4 is 11.8 Å². The number of fused-ring (bicyclic) bond motifs is 1. The van der Waals surface area contributed by atoms with Gasteiger partial charge in [0.1, 0.15) is 0 Å². The van der Waals surface area contributed by atoms with Crippen molar-refractivity contribution in [1.82, 2.24) is 0 Å². The van der Waals surface area contributed by atoms with E-state index in [1.807, 2.05) is 0 Å². The van der Waals surface area contributed by atoms with E-state index < -0.39 is 0 Å². The van der Waals surface area contributed by atoms with Gasteiger partial charge in [0.2, 0.25) is 0 Å². The number of thioether (sulfide) groups is 1. The zero-order valence-corrected chi connectivity index (χ0v) is 7.03. The van der Waals surface area contributed by atoms with Crippen LogP contribution in [0.5, 0.6) is 0 Å². The normalized spacial score (nSPS) is 41.5. The van der Waals surface area contributed by atoms with Crippen molar-refractivity contribution in [2.75, 3.05) is 0 Å². The summed E-state index contributed by atoms with van der Waals surface area (Å²) in [7, 11) is 0. The maximum Gasteiger partial charge on any atom is 0.0502 e. The first kappa shape index (κ1) is 6.53. The van der Waals surface area contributed by atoms with Crippen LogP contribution in [0.25, 0.3) is 0 Å². The highest BCUT2D eigenvalue weighted by Gasteiger charge is 2.51. The van der Waals surface area contributed by atoms with E-state index >= 15 is 0 Å². The molecule has 1 fully saturated rings. The topological polar surface area (TPSA) is 0 Å². The molecule has 1 heterocycles. The van der Waals surface area contributed by atoms with Crippen LogP contribution in [0.3, 0.4) is 0 Å². The van der Waals surface area contributed by atoms with Gasteiger partial charge in [0, 0.05) is 5.25 Å². The largest absolute Gasteiger partial charge is 0.140 e. The fourth-order valence-corrected chi connectivity index (χ4v) is 2.93. The highest BCUT2D eigenvalue weighted by atomic mass is 32.2. The lowest BCUT2D eigenvalue weighted by Crippen LogP contribution is -2.10. The minimum atomic E-state index is 0.545. The summed E-state index contributed by atoms with van der Waals surface area (Å²) in [6.07, 6.45) is 11.7. The molecule has 0 radical (unpaired) electrons. The van der Waals surface area contributed by atoms with Crippen molar-refractivity contribution in [2.45, 2.75) is 29.8 Å². The fourth-order valence-electron chi connectivity index (χ4n) is 1.60. The summed E-state index contributed by atoms with van der Waals surface area (Å²) >= 11 is 2.10. The molecule has 2 rings (SSSR count). The maximum absolute atomic E-state index is 2.37. The molecule has 0 nitrogen and oxygen atoms in total. The lowest BCUT2D eigenvalue weighted by molar-refractivity contribution is 0.703. The summed E-state index contributed by atoms with van der Waals surface area (Å²) in [5.41, 5.74) is 0. The first-order chi connectivity index (χ1) is 4.87. The molecule has 0 aromatic heterocycles. The smallest absolute Gasteiger partial charge is 0.0502 e. The molecule has 0 spiro atoms. The molecule has 0 saturated carbocycles. The second kappa shape index (κ2) is 2.16. The zero-order valence-electron chi connectivity index (χ0n) is 6.21. The predicted molar refractivity (Wildman–Crippen MR) is 47.3 cm³/mol. The van der Waals surface area contributed by atoms with E-state index in [-0.39, 0.29) is 0 Å². The summed E-state index contributed by atoms with van der Waals surface area (Å²) in [5.74, 6) is 0. The van der Waals surface area contributed by atoms with Gasteiger partial charge in [-0.05, 0) is 6.42 Å². The van der Waals surface area contributed by atoms with Crippen molar-refractivity contribution < 1.29 is 0 Å². The van der Waals surface area contributed by atoms with Crippen LogP contribution in [0, 0.1) is 0 Å². The Labute approximate surface area is 66.4 Å². The molecule has 2 aliphatic rings. The first-order valence-electron chi connectivity index (χ1n) is 3.91. The van der Waals surface area contributed by atoms with Crippen LogP contribution in [0.2, 0.25) is 0 Å². The third-order valence-electron chi connectivity index (χ3n) is 2.19. The molecule has 0 amide bonds. The summed E-state index contributed by atoms with van der Waals surface area (Å²) in [5, 5.41) is 0.817. The van der Waals surface area contributed by atoms with Crippen LogP contribution in [-0.2, 0) is 0 Å². The minimum absolute atomic E-state index is 0.545. The van der Waals surface area contributed by atoms with Gasteiger partial charge in [0.25, 0.3) is 0 Å². The third-order valence-corrected chi connectivity index (χ3v) is 3.80. The molecule has 1 aliphatic carbocycles. The van der Waals surface area contributed by atoms with E-state index in [2.05, 4.69) is 43.0 Å². The van der Waals surface area contributed by atoms with Crippen molar-refractivity contribution in [3.05, 3.63) is 24.3 Å².